The number of hydrogen-bond donors (Lipinski definition) is 1. The molecule has 0 aliphatic heterocycles. The normalized spacial score (nSPS) is 10.7. The summed E-state index contributed by atoms with van der Waals surface area (Å²) in [4.78, 5) is 24.6. The molecule has 0 fully saturated rings. The number of para-hydroxylation sites is 1. The van der Waals surface area contributed by atoms with Crippen molar-refractivity contribution < 1.29 is 9.72 Å². The highest BCUT2D eigenvalue weighted by Crippen LogP contribution is 2.33. The largest absolute Gasteiger partial charge is 0.321 e. The molecule has 6 heteroatoms. The summed E-state index contributed by atoms with van der Waals surface area (Å²) >= 11 is 1.56. The Kier molecular flexibility index (Phi) is 6.02. The second-order valence-electron chi connectivity index (χ2n) is 5.59. The Hall–Kier alpha value is -3.38. The number of hydrogen-bond acceptors (Lipinski definition) is 4. The minimum absolute atomic E-state index is 0.0119. The third kappa shape index (κ3) is 5.29. The van der Waals surface area contributed by atoms with E-state index in [0.717, 1.165) is 9.79 Å². The Morgan fingerprint density at radius 1 is 0.963 bits per heavy atom. The lowest BCUT2D eigenvalue weighted by molar-refractivity contribution is -0.384. The number of nitrogens with zero attached hydrogens (tertiary/aromatic N) is 1. The van der Waals surface area contributed by atoms with E-state index in [9.17, 15) is 14.9 Å². The topological polar surface area (TPSA) is 72.2 Å². The van der Waals surface area contributed by atoms with Crippen molar-refractivity contribution in [1.82, 2.24) is 0 Å². The maximum Gasteiger partial charge on any atom is 0.270 e. The first kappa shape index (κ1) is 18.4. The summed E-state index contributed by atoms with van der Waals surface area (Å²) in [6.45, 7) is 0. The number of nitro groups is 1. The van der Waals surface area contributed by atoms with Crippen molar-refractivity contribution in [2.24, 2.45) is 0 Å². The van der Waals surface area contributed by atoms with Gasteiger partial charge in [0.25, 0.3) is 5.69 Å². The van der Waals surface area contributed by atoms with E-state index >= 15 is 0 Å². The average Bonchev–Trinajstić information content (AvgIpc) is 2.69. The number of nitrogens with one attached hydrogen (secondary N) is 1. The molecule has 0 aliphatic rings. The fraction of sp³-hybridized carbons (Fsp3) is 0. The van der Waals surface area contributed by atoms with Crippen LogP contribution in [0.2, 0.25) is 0 Å². The first-order valence-corrected chi connectivity index (χ1v) is 8.99. The molecule has 3 aromatic rings. The molecule has 3 rings (SSSR count). The number of amides is 1. The van der Waals surface area contributed by atoms with Crippen molar-refractivity contribution in [3.8, 4) is 0 Å². The Labute approximate surface area is 160 Å². The minimum Gasteiger partial charge on any atom is -0.321 e. The summed E-state index contributed by atoms with van der Waals surface area (Å²) in [6.07, 6.45) is 2.91. The van der Waals surface area contributed by atoms with Crippen molar-refractivity contribution in [3.63, 3.8) is 0 Å². The summed E-state index contributed by atoms with van der Waals surface area (Å²) in [5.41, 5.74) is 1.29. The van der Waals surface area contributed by atoms with E-state index in [0.29, 0.717) is 11.3 Å². The number of carbonyl (C=O) groups is 1. The Bertz CT molecular complexity index is 987. The highest BCUT2D eigenvalue weighted by molar-refractivity contribution is 7.99. The predicted octanol–water partition coefficient (Wildman–Crippen LogP) is 5.40. The van der Waals surface area contributed by atoms with Crippen molar-refractivity contribution in [3.05, 3.63) is 101 Å². The molecule has 0 radical (unpaired) electrons. The van der Waals surface area contributed by atoms with Gasteiger partial charge in [-0.3, -0.25) is 14.9 Å². The molecular formula is C21H16N2O3S. The molecule has 5 nitrogen and oxygen atoms in total. The third-order valence-electron chi connectivity index (χ3n) is 3.62. The number of anilines is 1. The lowest BCUT2D eigenvalue weighted by Crippen LogP contribution is -2.08. The molecular weight excluding hydrogens is 360 g/mol. The van der Waals surface area contributed by atoms with Gasteiger partial charge in [-0.25, -0.2) is 0 Å². The van der Waals surface area contributed by atoms with Crippen molar-refractivity contribution in [2.75, 3.05) is 5.32 Å². The van der Waals surface area contributed by atoms with Crippen molar-refractivity contribution >= 4 is 35.1 Å². The van der Waals surface area contributed by atoms with Gasteiger partial charge in [0.1, 0.15) is 0 Å². The van der Waals surface area contributed by atoms with Crippen LogP contribution >= 0.6 is 11.8 Å². The summed E-state index contributed by atoms with van der Waals surface area (Å²) in [5, 5.41) is 13.7. The highest BCUT2D eigenvalue weighted by atomic mass is 32.2. The lowest BCUT2D eigenvalue weighted by atomic mass is 10.2. The SMILES string of the molecule is O=C(/C=C/c1cccc([N+](=O)[O-])c1)Nc1ccccc1Sc1ccccc1. The zero-order chi connectivity index (χ0) is 19.1. The molecule has 27 heavy (non-hydrogen) atoms. The molecule has 134 valence electrons. The van der Waals surface area contributed by atoms with Gasteiger partial charge in [-0.2, -0.15) is 0 Å². The van der Waals surface area contributed by atoms with Crippen LogP contribution in [-0.2, 0) is 4.79 Å². The second kappa shape index (κ2) is 8.82. The maximum absolute atomic E-state index is 12.3. The third-order valence-corrected chi connectivity index (χ3v) is 4.71. The fourth-order valence-corrected chi connectivity index (χ4v) is 3.29. The van der Waals surface area contributed by atoms with E-state index in [2.05, 4.69) is 5.32 Å². The Morgan fingerprint density at radius 2 is 1.70 bits per heavy atom. The fourth-order valence-electron chi connectivity index (χ4n) is 2.36. The molecule has 0 spiro atoms. The van der Waals surface area contributed by atoms with Crippen LogP contribution < -0.4 is 5.32 Å². The molecule has 1 N–H and O–H groups in total. The van der Waals surface area contributed by atoms with Gasteiger partial charge in [0.05, 0.1) is 10.6 Å². The molecule has 0 atom stereocenters. The van der Waals surface area contributed by atoms with Crippen LogP contribution in [0.15, 0.2) is 94.7 Å². The van der Waals surface area contributed by atoms with Crippen LogP contribution in [0.5, 0.6) is 0 Å². The maximum atomic E-state index is 12.3. The predicted molar refractivity (Wildman–Crippen MR) is 108 cm³/mol. The van der Waals surface area contributed by atoms with Crippen LogP contribution in [0.1, 0.15) is 5.56 Å². The molecule has 1 amide bonds. The van der Waals surface area contributed by atoms with Crippen LogP contribution in [0, 0.1) is 10.1 Å². The molecule has 0 aromatic heterocycles. The smallest absolute Gasteiger partial charge is 0.270 e. The van der Waals surface area contributed by atoms with Gasteiger partial charge in [0, 0.05) is 28.0 Å². The molecule has 0 aliphatic carbocycles. The van der Waals surface area contributed by atoms with Crippen molar-refractivity contribution in [2.45, 2.75) is 9.79 Å². The van der Waals surface area contributed by atoms with E-state index in [1.54, 1.807) is 30.0 Å². The number of nitro benzene ring substituents is 1. The summed E-state index contributed by atoms with van der Waals surface area (Å²) < 4.78 is 0. The van der Waals surface area contributed by atoms with E-state index in [-0.39, 0.29) is 11.6 Å². The van der Waals surface area contributed by atoms with Crippen LogP contribution in [0.25, 0.3) is 6.08 Å². The standard InChI is InChI=1S/C21H16N2O3S/c24-21(14-13-16-7-6-8-17(15-16)23(25)26)22-19-11-4-5-12-20(19)27-18-9-2-1-3-10-18/h1-15H,(H,22,24)/b14-13+. The number of benzene rings is 3. The molecule has 3 aromatic carbocycles. The second-order valence-corrected chi connectivity index (χ2v) is 6.70. The average molecular weight is 376 g/mol. The van der Waals surface area contributed by atoms with Crippen LogP contribution in [-0.4, -0.2) is 10.8 Å². The van der Waals surface area contributed by atoms with E-state index in [1.807, 2.05) is 54.6 Å². The number of non-ortho nitro benzene ring substituents is 1. The van der Waals surface area contributed by atoms with Gasteiger partial charge >= 0.3 is 0 Å². The number of rotatable bonds is 6. The van der Waals surface area contributed by atoms with Crippen LogP contribution in [0.3, 0.4) is 0 Å². The quantitative estimate of drug-likeness (QED) is 0.355. The molecule has 0 heterocycles. The number of carbonyl (C=O) groups excluding carboxylic acids is 1. The molecule has 0 saturated carbocycles. The van der Waals surface area contributed by atoms with Crippen molar-refractivity contribution in [1.29, 1.82) is 0 Å². The van der Waals surface area contributed by atoms with Gasteiger partial charge < -0.3 is 5.32 Å². The Morgan fingerprint density at radius 3 is 2.48 bits per heavy atom. The summed E-state index contributed by atoms with van der Waals surface area (Å²) in [6, 6.07) is 23.6. The summed E-state index contributed by atoms with van der Waals surface area (Å²) in [5.74, 6) is -0.303. The summed E-state index contributed by atoms with van der Waals surface area (Å²) in [7, 11) is 0. The first-order chi connectivity index (χ1) is 13.1. The lowest BCUT2D eigenvalue weighted by Gasteiger charge is -2.09. The monoisotopic (exact) mass is 376 g/mol. The van der Waals surface area contributed by atoms with Gasteiger partial charge in [-0.05, 0) is 35.9 Å². The van der Waals surface area contributed by atoms with Gasteiger partial charge in [-0.1, -0.05) is 54.2 Å². The van der Waals surface area contributed by atoms with E-state index in [1.165, 1.54) is 18.2 Å². The minimum atomic E-state index is -0.464. The zero-order valence-corrected chi connectivity index (χ0v) is 15.1. The van der Waals surface area contributed by atoms with Gasteiger partial charge in [0.2, 0.25) is 5.91 Å². The zero-order valence-electron chi connectivity index (χ0n) is 14.2. The van der Waals surface area contributed by atoms with Gasteiger partial charge in [0.15, 0.2) is 0 Å². The molecule has 0 unspecified atom stereocenters. The molecule has 0 bridgehead atoms. The molecule has 0 saturated heterocycles. The first-order valence-electron chi connectivity index (χ1n) is 8.17. The van der Waals surface area contributed by atoms with Crippen LogP contribution in [0.4, 0.5) is 11.4 Å². The Balaban J connectivity index is 1.71. The van der Waals surface area contributed by atoms with E-state index < -0.39 is 4.92 Å². The van der Waals surface area contributed by atoms with Gasteiger partial charge in [-0.15, -0.1) is 0 Å². The highest BCUT2D eigenvalue weighted by Gasteiger charge is 2.07. The van der Waals surface area contributed by atoms with E-state index in [4.69, 9.17) is 0 Å².